The quantitative estimate of drug-likeness (QED) is 0.0297. The van der Waals surface area contributed by atoms with Gasteiger partial charge in [0.05, 0.1) is 52.4 Å². The molecule has 0 radical (unpaired) electrons. The zero-order valence-electron chi connectivity index (χ0n) is 47.1. The SMILES string of the molecule is NCCOP(=O)(O)OP(=O)(O)O[C@H]1[C@H](O[C@H]2O[C@H]([C@@H](O)CO[C@H]3O[C@H]([C@@H](O)CO)[C@@H](O)[C@H](O)[C@@H]3O)[C@@H](OP(=O)(O)O)[C@H](O[C@H]3O[C@H](CO)[C@@H](O)[C@H](O[C@H]4O[C@H](CO)[C@@H](O)[C@H](O)[C@H]4O)[C@H]3O)[C@@H]2O)[C@H](O)[C@@H](O[C@H]2[C@@H]([C@H](O)CO)OC(O)(C(=O)O)C[C@H]2O)O[C@@H]1[C@@H](O)CO. The number of carboxylic acids is 1. The van der Waals surface area contributed by atoms with Crippen molar-refractivity contribution in [2.75, 3.05) is 52.8 Å². The molecule has 3 unspecified atom stereocenters. The van der Waals surface area contributed by atoms with Crippen LogP contribution in [0.15, 0.2) is 0 Å². The number of phosphoric ester groups is 3. The van der Waals surface area contributed by atoms with E-state index in [0.29, 0.717) is 0 Å². The van der Waals surface area contributed by atoms with Gasteiger partial charge in [-0.25, -0.2) is 18.5 Å². The fourth-order valence-electron chi connectivity index (χ4n) is 10.4. The second-order valence-electron chi connectivity index (χ2n) is 21.5. The average Bonchev–Trinajstić information content (AvgIpc) is 0.765. The molecule has 0 spiro atoms. The number of ether oxygens (including phenoxy) is 11. The number of phosphoric acid groups is 3. The zero-order valence-corrected chi connectivity index (χ0v) is 49.8. The highest BCUT2D eigenvalue weighted by Gasteiger charge is 2.62. The Morgan fingerprint density at radius 2 is 0.913 bits per heavy atom. The van der Waals surface area contributed by atoms with Gasteiger partial charge < -0.3 is 190 Å². The van der Waals surface area contributed by atoms with Gasteiger partial charge in [0.15, 0.2) is 31.5 Å². The van der Waals surface area contributed by atoms with Crippen LogP contribution < -0.4 is 5.73 Å². The molecule has 28 N–H and O–H groups in total. The lowest BCUT2D eigenvalue weighted by atomic mass is 9.91. The van der Waals surface area contributed by atoms with Gasteiger partial charge in [-0.15, -0.1) is 0 Å². The van der Waals surface area contributed by atoms with Crippen LogP contribution in [-0.2, 0) is 88.5 Å². The van der Waals surface area contributed by atoms with Crippen LogP contribution in [0.1, 0.15) is 6.42 Å². The monoisotopic (exact) mass is 1420 g/mol. The number of rotatable bonds is 30. The van der Waals surface area contributed by atoms with Gasteiger partial charge in [0.1, 0.15) is 159 Å². The van der Waals surface area contributed by atoms with E-state index in [1.165, 1.54) is 0 Å². The van der Waals surface area contributed by atoms with Gasteiger partial charge in [0.2, 0.25) is 0 Å². The van der Waals surface area contributed by atoms with Gasteiger partial charge in [-0.1, -0.05) is 0 Å². The summed E-state index contributed by atoms with van der Waals surface area (Å²) in [7, 11) is -18.4. The first kappa shape index (κ1) is 79.5. The molecule has 6 fully saturated rings. The molecule has 6 rings (SSSR count). The number of carboxylic acid groups (broad SMARTS) is 1. The van der Waals surface area contributed by atoms with Crippen molar-refractivity contribution >= 4 is 29.4 Å². The summed E-state index contributed by atoms with van der Waals surface area (Å²) in [5, 5.41) is 237. The zero-order chi connectivity index (χ0) is 69.0. The summed E-state index contributed by atoms with van der Waals surface area (Å²) in [6.07, 6.45) is -80.4. The van der Waals surface area contributed by atoms with Gasteiger partial charge in [0, 0.05) is 13.0 Å². The first-order valence-electron chi connectivity index (χ1n) is 27.4. The Bertz CT molecular complexity index is 2460. The van der Waals surface area contributed by atoms with E-state index < -0.39 is 291 Å². The Morgan fingerprint density at radius 1 is 0.489 bits per heavy atom. The molecule has 0 amide bonds. The van der Waals surface area contributed by atoms with E-state index >= 15 is 0 Å². The summed E-state index contributed by atoms with van der Waals surface area (Å²) in [5.41, 5.74) is 5.27. The van der Waals surface area contributed by atoms with Crippen molar-refractivity contribution in [1.29, 1.82) is 0 Å². The Balaban J connectivity index is 1.49. The molecule has 6 heterocycles. The molecular formula is C43H78NO45P3. The van der Waals surface area contributed by atoms with Crippen molar-refractivity contribution in [3.63, 3.8) is 0 Å². The molecule has 0 saturated carbocycles. The van der Waals surface area contributed by atoms with E-state index in [0.717, 1.165) is 0 Å². The molecule has 6 aliphatic heterocycles. The Hall–Kier alpha value is -1.48. The third-order valence-electron chi connectivity index (χ3n) is 15.0. The van der Waals surface area contributed by atoms with Gasteiger partial charge in [-0.2, -0.15) is 4.31 Å². The number of hydrogen-bond acceptors (Lipinski definition) is 41. The fourth-order valence-corrected chi connectivity index (χ4v) is 13.2. The van der Waals surface area contributed by atoms with E-state index in [1.54, 1.807) is 0 Å². The summed E-state index contributed by atoms with van der Waals surface area (Å²) < 4.78 is 119. The predicted molar refractivity (Wildman–Crippen MR) is 274 cm³/mol. The molecule has 0 bridgehead atoms. The molecule has 0 aromatic carbocycles. The number of hydrogen-bond donors (Lipinski definition) is 27. The van der Waals surface area contributed by atoms with Crippen molar-refractivity contribution in [3.8, 4) is 0 Å². The second-order valence-corrected chi connectivity index (χ2v) is 25.7. The van der Waals surface area contributed by atoms with E-state index in [1.807, 2.05) is 0 Å². The van der Waals surface area contributed by atoms with E-state index in [4.69, 9.17) is 66.9 Å². The number of aliphatic hydroxyl groups is 21. The standard InChI is InChI=1S/C43H78NO45P3/c44-1-2-76-91(71,72)89-92(73,74)88-36-29(12(52)5-46)81-40(80-28-10(50)3-43(67,42(65)66)86-31(28)13(53)6-47)26(64)34(36)85-41-25(63)33(84-39-24(62)32(18(56)16(8-49)78-39)83-38-23(61)19(57)17(55)15(7-48)77-38)35(87-90(68,69)70)30(82-41)14(54)9-75-37-22(60)20(58)21(59)27(79-37)11(51)4-45/h10-41,45-64,67H,1-9,44H2,(H,65,66)(H,71,72)(H,73,74)(H2,68,69,70)/t10-,11+,12+,13-,14+,15-,16-,17-,18-,19+,20+,21+,22+,23-,24-,25+,26+,27-,28-,29-,30-,31-,32+,33-,34-,35-,36-,37+,38-,39-,40+,41-,43?/m1/s1. The normalized spacial score (nSPS) is 45.1. The molecule has 540 valence electrons. The largest absolute Gasteiger partial charge is 0.481 e. The van der Waals surface area contributed by atoms with Crippen LogP contribution in [0, 0.1) is 0 Å². The lowest BCUT2D eigenvalue weighted by Gasteiger charge is -2.51. The lowest BCUT2D eigenvalue weighted by molar-refractivity contribution is -0.398. The third-order valence-corrected chi connectivity index (χ3v) is 18.2. The number of nitrogens with two attached hydrogens (primary N) is 1. The summed E-state index contributed by atoms with van der Waals surface area (Å²) >= 11 is 0. The minimum atomic E-state index is -6.40. The van der Waals surface area contributed by atoms with Crippen LogP contribution >= 0.6 is 23.5 Å². The van der Waals surface area contributed by atoms with Crippen molar-refractivity contribution in [2.24, 2.45) is 5.73 Å². The minimum Gasteiger partial charge on any atom is -0.477 e. The average molecular weight is 1420 g/mol. The molecule has 49 heteroatoms. The topological polar surface area (TPSA) is 759 Å². The third kappa shape index (κ3) is 18.7. The van der Waals surface area contributed by atoms with E-state index in [2.05, 4.69) is 8.83 Å². The first-order valence-corrected chi connectivity index (χ1v) is 31.9. The highest BCUT2D eigenvalue weighted by atomic mass is 31.3. The second kappa shape index (κ2) is 33.1. The molecule has 92 heavy (non-hydrogen) atoms. The summed E-state index contributed by atoms with van der Waals surface area (Å²) in [6, 6.07) is 0. The van der Waals surface area contributed by atoms with Crippen LogP contribution in [0.25, 0.3) is 0 Å². The summed E-state index contributed by atoms with van der Waals surface area (Å²) in [5.74, 6) is -5.56. The van der Waals surface area contributed by atoms with Crippen LogP contribution in [0.3, 0.4) is 0 Å². The maximum absolute atomic E-state index is 13.8. The molecule has 46 nitrogen and oxygen atoms in total. The number of aliphatic carboxylic acids is 1. The van der Waals surface area contributed by atoms with Gasteiger partial charge in [-0.05, 0) is 0 Å². The summed E-state index contributed by atoms with van der Waals surface area (Å²) in [4.78, 5) is 54.1. The molecule has 6 aliphatic rings. The van der Waals surface area contributed by atoms with Crippen molar-refractivity contribution in [1.82, 2.24) is 0 Å². The smallest absolute Gasteiger partial charge is 0.477 e. The van der Waals surface area contributed by atoms with Crippen LogP contribution in [0.5, 0.6) is 0 Å². The minimum absolute atomic E-state index is 0.539. The first-order chi connectivity index (χ1) is 42.8. The number of aliphatic hydroxyl groups excluding tert-OH is 20. The Labute approximate surface area is 516 Å². The van der Waals surface area contributed by atoms with Gasteiger partial charge in [0.25, 0.3) is 5.79 Å². The predicted octanol–water partition coefficient (Wildman–Crippen LogP) is -15.8. The molecule has 0 aromatic heterocycles. The Morgan fingerprint density at radius 3 is 1.42 bits per heavy atom. The van der Waals surface area contributed by atoms with Crippen molar-refractivity contribution < 1.29 is 220 Å². The van der Waals surface area contributed by atoms with Gasteiger partial charge >= 0.3 is 29.4 Å². The fraction of sp³-hybridized carbons (Fsp3) is 0.977. The van der Waals surface area contributed by atoms with Crippen molar-refractivity contribution in [3.05, 3.63) is 0 Å². The van der Waals surface area contributed by atoms with Crippen LogP contribution in [0.2, 0.25) is 0 Å². The lowest BCUT2D eigenvalue weighted by Crippen LogP contribution is -2.70. The highest BCUT2D eigenvalue weighted by Crippen LogP contribution is 2.62. The molecule has 0 aromatic rings. The van der Waals surface area contributed by atoms with Crippen LogP contribution in [-0.4, -0.2) is 393 Å². The van der Waals surface area contributed by atoms with E-state index in [-0.39, 0.29) is 0 Å². The molecule has 35 atom stereocenters. The number of carbonyl (C=O) groups is 1. The summed E-state index contributed by atoms with van der Waals surface area (Å²) in [6.45, 7) is -9.33. The highest BCUT2D eigenvalue weighted by molar-refractivity contribution is 7.61. The molecular weight excluding hydrogens is 1340 g/mol. The van der Waals surface area contributed by atoms with E-state index in [9.17, 15) is 150 Å². The molecule has 6 saturated heterocycles. The molecule has 0 aliphatic carbocycles. The van der Waals surface area contributed by atoms with Crippen LogP contribution in [0.4, 0.5) is 0 Å². The maximum atomic E-state index is 13.8. The van der Waals surface area contributed by atoms with Gasteiger partial charge in [-0.3, -0.25) is 13.6 Å². The Kier molecular flexibility index (Phi) is 28.6. The maximum Gasteiger partial charge on any atom is 0.481 e. The van der Waals surface area contributed by atoms with Crippen molar-refractivity contribution in [2.45, 2.75) is 208 Å².